The zero-order chi connectivity index (χ0) is 55.6. The van der Waals surface area contributed by atoms with E-state index in [1.165, 1.54) is 36.4 Å². The molecule has 0 aliphatic carbocycles. The van der Waals surface area contributed by atoms with Crippen molar-refractivity contribution in [3.8, 4) is 0 Å². The number of carbonyl (C=O) groups excluding carboxylic acids is 9. The van der Waals surface area contributed by atoms with Crippen LogP contribution in [0.5, 0.6) is 0 Å². The van der Waals surface area contributed by atoms with Gasteiger partial charge in [0.1, 0.15) is 42.3 Å². The molecule has 15 N–H and O–H groups in total. The molecular weight excluding hydrogens is 993 g/mol. The van der Waals surface area contributed by atoms with E-state index in [1.807, 2.05) is 37.3 Å². The van der Waals surface area contributed by atoms with Crippen molar-refractivity contribution in [1.29, 1.82) is 0 Å². The first-order valence-electron chi connectivity index (χ1n) is 25.9. The van der Waals surface area contributed by atoms with Crippen molar-refractivity contribution in [1.82, 2.24) is 62.0 Å². The van der Waals surface area contributed by atoms with Crippen LogP contribution in [0.15, 0.2) is 72.2 Å². The van der Waals surface area contributed by atoms with Gasteiger partial charge in [0.15, 0.2) is 5.96 Å². The molecule has 2 aromatic heterocycles. The van der Waals surface area contributed by atoms with E-state index in [1.54, 1.807) is 24.4 Å². The molecule has 1 saturated heterocycles. The van der Waals surface area contributed by atoms with Crippen LogP contribution in [-0.4, -0.2) is 153 Å². The summed E-state index contributed by atoms with van der Waals surface area (Å²) in [5, 5.41) is 20.0. The lowest BCUT2D eigenvalue weighted by atomic mass is 9.92. The van der Waals surface area contributed by atoms with Crippen LogP contribution in [0.3, 0.4) is 0 Å². The average Bonchev–Trinajstić information content (AvgIpc) is 4.08. The lowest BCUT2D eigenvalue weighted by Crippen LogP contribution is -2.62. The molecule has 0 bridgehead atoms. The van der Waals surface area contributed by atoms with Gasteiger partial charge in [0.05, 0.1) is 12.7 Å². The molecule has 6 rings (SSSR count). The summed E-state index contributed by atoms with van der Waals surface area (Å²) in [6, 6.07) is 4.74. The Kier molecular flexibility index (Phi) is 20.9. The van der Waals surface area contributed by atoms with Gasteiger partial charge >= 0.3 is 6.03 Å². The molecule has 10 amide bonds. The number of unbranched alkanes of at least 4 members (excludes halogenated alkanes) is 1. The van der Waals surface area contributed by atoms with Crippen LogP contribution in [0.4, 0.5) is 4.79 Å². The normalized spacial score (nSPS) is 21.6. The Hall–Kier alpha value is -8.51. The van der Waals surface area contributed by atoms with Crippen molar-refractivity contribution in [3.63, 3.8) is 0 Å². The Morgan fingerprint density at radius 1 is 0.818 bits per heavy atom. The van der Waals surface area contributed by atoms with Crippen LogP contribution in [-0.2, 0) is 64.2 Å². The highest BCUT2D eigenvalue weighted by molar-refractivity contribution is 5.99. The number of urea groups is 1. The lowest BCUT2D eigenvalue weighted by Gasteiger charge is -2.39. The number of aromatic nitrogens is 3. The summed E-state index contributed by atoms with van der Waals surface area (Å²) in [5.41, 5.74) is 20.4. The number of aliphatic imine (C=N–C) groups is 1. The van der Waals surface area contributed by atoms with Crippen LogP contribution < -0.4 is 54.4 Å². The number of rotatable bonds is 15. The third-order valence-corrected chi connectivity index (χ3v) is 13.5. The molecule has 2 aliphatic rings. The lowest BCUT2D eigenvalue weighted by molar-refractivity contribution is -0.145. The number of hydrogen-bond acceptors (Lipinski definition) is 11. The molecule has 7 atom stereocenters. The third-order valence-electron chi connectivity index (χ3n) is 13.5. The fourth-order valence-corrected chi connectivity index (χ4v) is 9.27. The summed E-state index contributed by atoms with van der Waals surface area (Å²) in [6.45, 7) is 1.92. The van der Waals surface area contributed by atoms with Gasteiger partial charge in [0.25, 0.3) is 0 Å². The molecule has 25 heteroatoms. The molecule has 4 heterocycles. The maximum absolute atomic E-state index is 15.3. The van der Waals surface area contributed by atoms with Crippen LogP contribution in [0.25, 0.3) is 10.9 Å². The number of hydrogen-bond donors (Lipinski definition) is 12. The Bertz CT molecular complexity index is 2760. The number of nitrogens with zero attached hydrogens (tertiary/aromatic N) is 4. The SMILES string of the molecule is CCCC[C@H](NC(=O)N(C)C)C(=O)N[C@H]1CC(=O)NCCCC[C@@H](C(N)=O)NC(=O)[C@H](Cc2c[nH]c3ccccc23)NC(=O)[C@H](CCCN=C(N)N)NC(=O)[C@H]2Cc3ccccc3CN2C(=O)[C@H](Cc2cnc[nH]2)NC1=O. The smallest absolute Gasteiger partial charge is 0.317 e. The highest BCUT2D eigenvalue weighted by Gasteiger charge is 2.41. The number of nitrogens with one attached hydrogen (secondary N) is 9. The Morgan fingerprint density at radius 2 is 1.53 bits per heavy atom. The number of amides is 10. The van der Waals surface area contributed by atoms with Gasteiger partial charge in [-0.2, -0.15) is 0 Å². The van der Waals surface area contributed by atoms with Gasteiger partial charge in [-0.25, -0.2) is 9.78 Å². The minimum absolute atomic E-state index is 0.0163. The fraction of sp³-hybridized carbons (Fsp3) is 0.481. The first-order valence-corrected chi connectivity index (χ1v) is 25.9. The monoisotopic (exact) mass is 1060 g/mol. The molecule has 0 saturated carbocycles. The number of carbonyl (C=O) groups is 9. The molecule has 4 aromatic rings. The summed E-state index contributed by atoms with van der Waals surface area (Å²) in [7, 11) is 3.01. The summed E-state index contributed by atoms with van der Waals surface area (Å²) in [4.78, 5) is 144. The van der Waals surface area contributed by atoms with Crippen molar-refractivity contribution >= 4 is 70.2 Å². The second-order valence-corrected chi connectivity index (χ2v) is 19.5. The molecule has 0 radical (unpaired) electrons. The molecule has 25 nitrogen and oxygen atoms in total. The number of aromatic amines is 2. The zero-order valence-electron chi connectivity index (χ0n) is 43.7. The number of H-pyrrole nitrogens is 2. The van der Waals surface area contributed by atoms with Crippen LogP contribution in [0.2, 0.25) is 0 Å². The van der Waals surface area contributed by atoms with Crippen LogP contribution >= 0.6 is 0 Å². The van der Waals surface area contributed by atoms with Gasteiger partial charge < -0.3 is 74.2 Å². The van der Waals surface area contributed by atoms with Crippen molar-refractivity contribution in [2.24, 2.45) is 22.2 Å². The number of imidazole rings is 1. The van der Waals surface area contributed by atoms with E-state index in [9.17, 15) is 38.4 Å². The summed E-state index contributed by atoms with van der Waals surface area (Å²) in [5.74, 6) is -6.34. The highest BCUT2D eigenvalue weighted by atomic mass is 16.2. The zero-order valence-corrected chi connectivity index (χ0v) is 43.7. The fourth-order valence-electron chi connectivity index (χ4n) is 9.27. The Balaban J connectivity index is 1.40. The highest BCUT2D eigenvalue weighted by Crippen LogP contribution is 2.26. The summed E-state index contributed by atoms with van der Waals surface area (Å²) >= 11 is 0. The van der Waals surface area contributed by atoms with Crippen molar-refractivity contribution < 1.29 is 43.2 Å². The second kappa shape index (κ2) is 27.9. The molecule has 0 spiro atoms. The molecule has 414 valence electrons. The maximum Gasteiger partial charge on any atom is 0.317 e. The van der Waals surface area contributed by atoms with E-state index in [2.05, 4.69) is 57.2 Å². The molecule has 1 fully saturated rings. The quantitative estimate of drug-likeness (QED) is 0.0392. The van der Waals surface area contributed by atoms with Gasteiger partial charge in [-0.1, -0.05) is 62.2 Å². The van der Waals surface area contributed by atoms with E-state index >= 15 is 4.79 Å². The van der Waals surface area contributed by atoms with E-state index in [-0.39, 0.29) is 83.4 Å². The largest absolute Gasteiger partial charge is 0.370 e. The van der Waals surface area contributed by atoms with Crippen molar-refractivity contribution in [2.75, 3.05) is 27.2 Å². The summed E-state index contributed by atoms with van der Waals surface area (Å²) in [6.07, 6.45) is 5.87. The number of primary amides is 1. The number of nitrogens with two attached hydrogens (primary N) is 3. The molecule has 0 unspecified atom stereocenters. The van der Waals surface area contributed by atoms with Gasteiger partial charge in [0, 0.05) is 82.0 Å². The predicted molar refractivity (Wildman–Crippen MR) is 285 cm³/mol. The predicted octanol–water partition coefficient (Wildman–Crippen LogP) is -0.887. The second-order valence-electron chi connectivity index (χ2n) is 19.5. The standard InChI is InChI=1S/C52H72N16O9/c1-4-5-16-38(66-52(77)67(2)3)46(72)64-40-25-43(69)57-20-11-10-18-36(44(53)70)61-47(73)39(22-32-26-59-35-17-9-8-15-34(32)35)63-45(71)37(19-12-21-58-51(54)55)62-49(75)42-23-30-13-6-7-14-31(30)28-68(42)50(76)41(65-48(40)74)24-33-27-56-29-60-33/h6-9,13-15,17,26-27,29,36-42,59H,4-5,10-12,16,18-25,28H2,1-3H3,(H2,53,70)(H,56,60)(H,57,69)(H,61,73)(H,62,75)(H,63,71)(H,64,72)(H,65,74)(H,66,77)(H4,54,55,58)/t36-,37-,38-,39-,40-,41-,42+/m0/s1. The van der Waals surface area contributed by atoms with Crippen molar-refractivity contribution in [2.45, 2.75) is 133 Å². The minimum atomic E-state index is -1.59. The van der Waals surface area contributed by atoms with Gasteiger partial charge in [-0.15, -0.1) is 0 Å². The van der Waals surface area contributed by atoms with Gasteiger partial charge in [0.2, 0.25) is 47.3 Å². The first-order chi connectivity index (χ1) is 36.9. The van der Waals surface area contributed by atoms with E-state index < -0.39 is 102 Å². The van der Waals surface area contributed by atoms with Crippen LogP contribution in [0, 0.1) is 0 Å². The Labute approximate surface area is 445 Å². The first kappa shape index (κ1) is 57.8. The molecular formula is C52H72N16O9. The summed E-state index contributed by atoms with van der Waals surface area (Å²) < 4.78 is 0. The molecule has 2 aliphatic heterocycles. The van der Waals surface area contributed by atoms with Crippen molar-refractivity contribution in [3.05, 3.63) is 89.6 Å². The van der Waals surface area contributed by atoms with Gasteiger partial charge in [-0.3, -0.25) is 43.3 Å². The van der Waals surface area contributed by atoms with Gasteiger partial charge in [-0.05, 0) is 61.3 Å². The van der Waals surface area contributed by atoms with E-state index in [4.69, 9.17) is 17.2 Å². The number of fused-ring (bicyclic) bond motifs is 3. The Morgan fingerprint density at radius 3 is 2.25 bits per heavy atom. The molecule has 77 heavy (non-hydrogen) atoms. The number of benzene rings is 2. The molecule has 2 aromatic carbocycles. The average molecular weight is 1070 g/mol. The minimum Gasteiger partial charge on any atom is -0.370 e. The third kappa shape index (κ3) is 16.5. The number of guanidine groups is 1. The van der Waals surface area contributed by atoms with E-state index in [0.29, 0.717) is 29.7 Å². The maximum atomic E-state index is 15.3. The topological polar surface area (TPSA) is 379 Å². The number of para-hydroxylation sites is 1. The van der Waals surface area contributed by atoms with Crippen LogP contribution in [0.1, 0.15) is 87.1 Å². The van der Waals surface area contributed by atoms with E-state index in [0.717, 1.165) is 16.5 Å².